The van der Waals surface area contributed by atoms with Crippen molar-refractivity contribution in [2.75, 3.05) is 13.7 Å². The van der Waals surface area contributed by atoms with Crippen LogP contribution in [0.25, 0.3) is 22.2 Å². The number of likely N-dealkylation sites (tertiary alicyclic amines) is 1. The van der Waals surface area contributed by atoms with Crippen LogP contribution in [-0.2, 0) is 29.2 Å². The fourth-order valence-electron chi connectivity index (χ4n) is 6.89. The SMILES string of the molecule is C=C[C@@H]1C[C@]1(NC(=O)[C@@H]1C[C@@H](Oc2cc(-c3ccccc3)nc3cc(OC)ccc23)CN1C(=O)[C@@H](NC(=O)C(C)(C)C)C(C)(C)C)C(=O)NS(=O)(=O)C1CC1. The van der Waals surface area contributed by atoms with Crippen molar-refractivity contribution in [3.63, 3.8) is 0 Å². The molecule has 2 aromatic carbocycles. The van der Waals surface area contributed by atoms with Gasteiger partial charge in [0.25, 0.3) is 5.91 Å². The Balaban J connectivity index is 1.35. The van der Waals surface area contributed by atoms with Crippen molar-refractivity contribution in [1.29, 1.82) is 0 Å². The number of carbonyl (C=O) groups excluding carboxylic acids is 4. The van der Waals surface area contributed by atoms with E-state index in [0.29, 0.717) is 40.9 Å². The maximum atomic E-state index is 14.7. The van der Waals surface area contributed by atoms with Gasteiger partial charge in [0.05, 0.1) is 30.1 Å². The Morgan fingerprint density at radius 2 is 1.71 bits per heavy atom. The predicted molar refractivity (Wildman–Crippen MR) is 208 cm³/mol. The number of fused-ring (bicyclic) bond motifs is 1. The average molecular weight is 774 g/mol. The maximum Gasteiger partial charge on any atom is 0.259 e. The molecule has 0 spiro atoms. The lowest BCUT2D eigenvalue weighted by Crippen LogP contribution is -2.60. The number of sulfonamides is 1. The first kappa shape index (κ1) is 39.7. The first-order valence-electron chi connectivity index (χ1n) is 18.6. The Morgan fingerprint density at radius 1 is 1.02 bits per heavy atom. The summed E-state index contributed by atoms with van der Waals surface area (Å²) in [5.41, 5.74) is -0.993. The zero-order valence-electron chi connectivity index (χ0n) is 32.5. The zero-order valence-corrected chi connectivity index (χ0v) is 33.3. The van der Waals surface area contributed by atoms with Gasteiger partial charge in [0.2, 0.25) is 27.7 Å². The average Bonchev–Trinajstić information content (AvgIpc) is 4.06. The fourth-order valence-corrected chi connectivity index (χ4v) is 8.26. The van der Waals surface area contributed by atoms with Crippen molar-refractivity contribution in [1.82, 2.24) is 25.2 Å². The molecule has 0 bridgehead atoms. The van der Waals surface area contributed by atoms with E-state index in [2.05, 4.69) is 21.9 Å². The molecule has 1 saturated heterocycles. The zero-order chi connectivity index (χ0) is 40.1. The second-order valence-electron chi connectivity index (χ2n) is 16.9. The molecule has 2 saturated carbocycles. The Labute approximate surface area is 322 Å². The maximum absolute atomic E-state index is 14.7. The van der Waals surface area contributed by atoms with Crippen molar-refractivity contribution >= 4 is 44.6 Å². The van der Waals surface area contributed by atoms with E-state index >= 15 is 0 Å². The number of pyridine rings is 1. The molecule has 13 nitrogen and oxygen atoms in total. The number of methoxy groups -OCH3 is 1. The molecule has 0 radical (unpaired) electrons. The molecule has 3 fully saturated rings. The van der Waals surface area contributed by atoms with Crippen molar-refractivity contribution in [3.8, 4) is 22.8 Å². The van der Waals surface area contributed by atoms with E-state index < -0.39 is 73.5 Å². The van der Waals surface area contributed by atoms with Gasteiger partial charge >= 0.3 is 0 Å². The second-order valence-corrected chi connectivity index (χ2v) is 18.9. The van der Waals surface area contributed by atoms with E-state index in [0.717, 1.165) is 5.56 Å². The lowest BCUT2D eigenvalue weighted by molar-refractivity contribution is -0.145. The van der Waals surface area contributed by atoms with Crippen molar-refractivity contribution in [2.24, 2.45) is 16.7 Å². The van der Waals surface area contributed by atoms with Crippen LogP contribution in [0.4, 0.5) is 0 Å². The smallest absolute Gasteiger partial charge is 0.259 e. The third-order valence-electron chi connectivity index (χ3n) is 10.5. The molecular weight excluding hydrogens is 723 g/mol. The van der Waals surface area contributed by atoms with E-state index in [-0.39, 0.29) is 25.3 Å². The minimum atomic E-state index is -3.90. The van der Waals surface area contributed by atoms with Crippen LogP contribution in [-0.4, -0.2) is 84.6 Å². The van der Waals surface area contributed by atoms with Crippen LogP contribution in [0.1, 0.15) is 67.2 Å². The van der Waals surface area contributed by atoms with Gasteiger partial charge < -0.3 is 25.0 Å². The molecule has 3 aliphatic rings. The molecular formula is C41H51N5O8S. The number of aromatic nitrogens is 1. The minimum absolute atomic E-state index is 0.0182. The predicted octanol–water partition coefficient (Wildman–Crippen LogP) is 4.51. The molecule has 1 aliphatic heterocycles. The highest BCUT2D eigenvalue weighted by molar-refractivity contribution is 7.91. The van der Waals surface area contributed by atoms with Gasteiger partial charge in [0, 0.05) is 40.8 Å². The van der Waals surface area contributed by atoms with Crippen molar-refractivity contribution in [2.45, 2.75) is 96.2 Å². The minimum Gasteiger partial charge on any atom is -0.497 e. The van der Waals surface area contributed by atoms with Crippen LogP contribution in [0.2, 0.25) is 0 Å². The molecule has 3 N–H and O–H groups in total. The number of nitrogens with zero attached hydrogens (tertiary/aromatic N) is 2. The Hall–Kier alpha value is -4.98. The van der Waals surface area contributed by atoms with Crippen molar-refractivity contribution in [3.05, 3.63) is 67.3 Å². The highest BCUT2D eigenvalue weighted by atomic mass is 32.2. The summed E-state index contributed by atoms with van der Waals surface area (Å²) in [7, 11) is -2.33. The lowest BCUT2D eigenvalue weighted by atomic mass is 9.84. The van der Waals surface area contributed by atoms with E-state index in [1.54, 1.807) is 40.0 Å². The third-order valence-corrected chi connectivity index (χ3v) is 12.3. The second kappa shape index (κ2) is 14.6. The largest absolute Gasteiger partial charge is 0.497 e. The summed E-state index contributed by atoms with van der Waals surface area (Å²) in [5, 5.41) is 5.81. The van der Waals surface area contributed by atoms with Gasteiger partial charge in [-0.15, -0.1) is 6.58 Å². The third kappa shape index (κ3) is 8.34. The molecule has 2 heterocycles. The summed E-state index contributed by atoms with van der Waals surface area (Å²) < 4.78 is 39.9. The summed E-state index contributed by atoms with van der Waals surface area (Å²) in [4.78, 5) is 62.2. The van der Waals surface area contributed by atoms with Gasteiger partial charge in [-0.25, -0.2) is 13.4 Å². The highest BCUT2D eigenvalue weighted by Gasteiger charge is 2.62. The van der Waals surface area contributed by atoms with Gasteiger partial charge in [-0.3, -0.25) is 23.9 Å². The van der Waals surface area contributed by atoms with Gasteiger partial charge in [0.15, 0.2) is 0 Å². The number of benzene rings is 2. The lowest BCUT2D eigenvalue weighted by Gasteiger charge is -2.37. The summed E-state index contributed by atoms with van der Waals surface area (Å²) in [6.45, 7) is 14.5. The number of ether oxygens (including phenoxy) is 2. The Morgan fingerprint density at radius 3 is 2.29 bits per heavy atom. The Bertz CT molecular complexity index is 2120. The van der Waals surface area contributed by atoms with Gasteiger partial charge in [-0.2, -0.15) is 0 Å². The van der Waals surface area contributed by atoms with Crippen molar-refractivity contribution < 1.29 is 37.1 Å². The van der Waals surface area contributed by atoms with Crippen LogP contribution >= 0.6 is 0 Å². The summed E-state index contributed by atoms with van der Waals surface area (Å²) in [6.07, 6.45) is 1.92. The van der Waals surface area contributed by atoms with E-state index in [1.807, 2.05) is 63.2 Å². The van der Waals surface area contributed by atoms with E-state index in [4.69, 9.17) is 14.5 Å². The normalized spacial score (nSPS) is 23.0. The number of hydrogen-bond donors (Lipinski definition) is 3. The van der Waals surface area contributed by atoms with Crippen LogP contribution in [0.5, 0.6) is 11.5 Å². The molecule has 1 aromatic heterocycles. The molecule has 3 aromatic rings. The number of amides is 4. The fraction of sp³-hybridized carbons (Fsp3) is 0.488. The highest BCUT2D eigenvalue weighted by Crippen LogP contribution is 2.46. The summed E-state index contributed by atoms with van der Waals surface area (Å²) in [6, 6.07) is 14.7. The standard InChI is InChI=1S/C41H51N5O8S/c1-9-25-22-41(25,38(50)45-55(51,52)28-16-17-28)44-35(47)32-20-27(23-46(32)36(48)34(39(2,3)4)43-37(49)40(5,6)7)54-33-21-30(24-13-11-10-12-14-24)42-31-19-26(53-8)15-18-29(31)33/h9-15,18-19,21,25,27-28,32,34H,1,16-17,20,22-23H2,2-8H3,(H,43,49)(H,44,47)(H,45,50)/t25-,27-,32+,34-,41-/m1/s1. The molecule has 55 heavy (non-hydrogen) atoms. The molecule has 6 rings (SSSR count). The molecule has 0 unspecified atom stereocenters. The van der Waals surface area contributed by atoms with Crippen LogP contribution < -0.4 is 24.8 Å². The Kier molecular flexibility index (Phi) is 10.5. The van der Waals surface area contributed by atoms with Crippen LogP contribution in [0.3, 0.4) is 0 Å². The van der Waals surface area contributed by atoms with Gasteiger partial charge in [-0.1, -0.05) is 78.0 Å². The number of carbonyl (C=O) groups is 4. The van der Waals surface area contributed by atoms with Crippen LogP contribution in [0.15, 0.2) is 67.3 Å². The van der Waals surface area contributed by atoms with E-state index in [9.17, 15) is 27.6 Å². The number of nitrogens with one attached hydrogen (secondary N) is 3. The molecule has 294 valence electrons. The molecule has 4 amide bonds. The van der Waals surface area contributed by atoms with E-state index in [1.165, 1.54) is 11.0 Å². The molecule has 14 heteroatoms. The monoisotopic (exact) mass is 773 g/mol. The number of rotatable bonds is 12. The molecule has 2 aliphatic carbocycles. The summed E-state index contributed by atoms with van der Waals surface area (Å²) in [5.74, 6) is -1.74. The molecule has 5 atom stereocenters. The van der Waals surface area contributed by atoms with Crippen LogP contribution in [0, 0.1) is 16.7 Å². The first-order valence-corrected chi connectivity index (χ1v) is 20.1. The van der Waals surface area contributed by atoms with Gasteiger partial charge in [-0.05, 0) is 36.8 Å². The van der Waals surface area contributed by atoms with Gasteiger partial charge in [0.1, 0.15) is 35.2 Å². The number of hydrogen-bond acceptors (Lipinski definition) is 9. The topological polar surface area (TPSA) is 173 Å². The first-order chi connectivity index (χ1) is 25.8. The summed E-state index contributed by atoms with van der Waals surface area (Å²) >= 11 is 0. The quantitative estimate of drug-likeness (QED) is 0.224.